The zero-order chi connectivity index (χ0) is 20.5. The molecule has 0 unspecified atom stereocenters. The highest BCUT2D eigenvalue weighted by Gasteiger charge is 2.24. The summed E-state index contributed by atoms with van der Waals surface area (Å²) in [5.41, 5.74) is 1.01. The number of para-hydroxylation sites is 1. The molecule has 0 amide bonds. The smallest absolute Gasteiger partial charge is 0.362 e. The second-order valence-corrected chi connectivity index (χ2v) is 6.07. The monoisotopic (exact) mass is 393 g/mol. The van der Waals surface area contributed by atoms with E-state index in [0.29, 0.717) is 11.3 Å². The second-order valence-electron chi connectivity index (χ2n) is 6.07. The molecule has 9 nitrogen and oxygen atoms in total. The van der Waals surface area contributed by atoms with E-state index in [1.807, 2.05) is 18.2 Å². The summed E-state index contributed by atoms with van der Waals surface area (Å²) in [6, 6.07) is 11.7. The lowest BCUT2D eigenvalue weighted by atomic mass is 10.1. The van der Waals surface area contributed by atoms with Gasteiger partial charge in [-0.15, -0.1) is 0 Å². The highest BCUT2D eigenvalue weighted by atomic mass is 16.6. The van der Waals surface area contributed by atoms with E-state index in [9.17, 15) is 14.9 Å². The number of fused-ring (bicyclic) bond motifs is 2. The van der Waals surface area contributed by atoms with E-state index in [1.54, 1.807) is 19.1 Å². The maximum atomic E-state index is 12.2. The summed E-state index contributed by atoms with van der Waals surface area (Å²) in [5, 5.41) is 12.5. The Bertz CT molecular complexity index is 1230. The molecule has 0 N–H and O–H groups in total. The molecule has 0 radical (unpaired) electrons. The number of nitro benzene ring substituents is 1. The molecular weight excluding hydrogens is 378 g/mol. The zero-order valence-electron chi connectivity index (χ0n) is 15.5. The van der Waals surface area contributed by atoms with Crippen LogP contribution in [-0.4, -0.2) is 34.6 Å². The molecule has 0 saturated carbocycles. The predicted octanol–water partition coefficient (Wildman–Crippen LogP) is 4.14. The number of methoxy groups -OCH3 is 1. The van der Waals surface area contributed by atoms with Gasteiger partial charge in [0, 0.05) is 11.5 Å². The number of carbonyl (C=O) groups is 1. The summed E-state index contributed by atoms with van der Waals surface area (Å²) in [5.74, 6) is -0.445. The molecule has 2 aromatic heterocycles. The Morgan fingerprint density at radius 1 is 1.17 bits per heavy atom. The number of benzene rings is 2. The molecule has 0 atom stereocenters. The fourth-order valence-corrected chi connectivity index (χ4v) is 3.01. The van der Waals surface area contributed by atoms with Crippen LogP contribution in [0.25, 0.3) is 33.3 Å². The van der Waals surface area contributed by atoms with E-state index in [1.165, 1.54) is 19.2 Å². The molecule has 146 valence electrons. The van der Waals surface area contributed by atoms with Crippen LogP contribution >= 0.6 is 0 Å². The summed E-state index contributed by atoms with van der Waals surface area (Å²) in [7, 11) is 1.33. The summed E-state index contributed by atoms with van der Waals surface area (Å²) in [6.45, 7) is 1.83. The molecule has 0 aliphatic heterocycles. The van der Waals surface area contributed by atoms with Gasteiger partial charge < -0.3 is 13.9 Å². The number of hydrogen-bond donors (Lipinski definition) is 0. The molecule has 0 bridgehead atoms. The molecular formula is C20H15N3O6. The summed E-state index contributed by atoms with van der Waals surface area (Å²) < 4.78 is 15.9. The van der Waals surface area contributed by atoms with Crippen molar-refractivity contribution in [3.8, 4) is 17.2 Å². The van der Waals surface area contributed by atoms with Crippen LogP contribution in [0.4, 0.5) is 5.69 Å². The van der Waals surface area contributed by atoms with Crippen LogP contribution in [-0.2, 0) is 4.74 Å². The third-order valence-corrected chi connectivity index (χ3v) is 4.30. The van der Waals surface area contributed by atoms with Gasteiger partial charge in [0.25, 0.3) is 5.69 Å². The van der Waals surface area contributed by atoms with Crippen LogP contribution in [0, 0.1) is 10.1 Å². The van der Waals surface area contributed by atoms with Crippen molar-refractivity contribution in [2.75, 3.05) is 13.7 Å². The van der Waals surface area contributed by atoms with Gasteiger partial charge in [-0.1, -0.05) is 18.2 Å². The average Bonchev–Trinajstić information content (AvgIpc) is 3.16. The first kappa shape index (κ1) is 18.4. The number of carbonyl (C=O) groups excluding carboxylic acids is 1. The number of esters is 1. The molecule has 0 aliphatic rings. The predicted molar refractivity (Wildman–Crippen MR) is 104 cm³/mol. The Labute approximate surface area is 164 Å². The van der Waals surface area contributed by atoms with Crippen LogP contribution in [0.5, 0.6) is 5.88 Å². The number of furan rings is 1. The highest BCUT2D eigenvalue weighted by molar-refractivity contribution is 5.95. The van der Waals surface area contributed by atoms with Gasteiger partial charge in [0.1, 0.15) is 11.3 Å². The molecule has 9 heteroatoms. The van der Waals surface area contributed by atoms with Crippen molar-refractivity contribution in [1.82, 2.24) is 9.97 Å². The molecule has 0 aliphatic carbocycles. The third-order valence-electron chi connectivity index (χ3n) is 4.30. The zero-order valence-corrected chi connectivity index (χ0v) is 15.5. The van der Waals surface area contributed by atoms with Crippen LogP contribution in [0.3, 0.4) is 0 Å². The van der Waals surface area contributed by atoms with Crippen LogP contribution in [0.15, 0.2) is 46.9 Å². The minimum atomic E-state index is -0.692. The maximum absolute atomic E-state index is 12.2. The van der Waals surface area contributed by atoms with Gasteiger partial charge >= 0.3 is 5.97 Å². The Balaban J connectivity index is 1.96. The molecule has 4 aromatic rings. The van der Waals surface area contributed by atoms with E-state index in [0.717, 1.165) is 5.39 Å². The lowest BCUT2D eigenvalue weighted by Gasteiger charge is -2.09. The molecule has 0 saturated heterocycles. The van der Waals surface area contributed by atoms with Crippen LogP contribution in [0.2, 0.25) is 0 Å². The topological polar surface area (TPSA) is 118 Å². The standard InChI is InChI=1S/C20H15N3O6/c1-3-28-20(24)18-19(27-2)22-14-10-15(23(25)26)12(9-13(14)21-18)17-8-11-6-4-5-7-16(11)29-17/h4-10H,3H2,1-2H3. The highest BCUT2D eigenvalue weighted by Crippen LogP contribution is 2.36. The number of rotatable bonds is 5. The van der Waals surface area contributed by atoms with Gasteiger partial charge in [0.15, 0.2) is 0 Å². The quantitative estimate of drug-likeness (QED) is 0.282. The maximum Gasteiger partial charge on any atom is 0.362 e. The lowest BCUT2D eigenvalue weighted by Crippen LogP contribution is -2.11. The van der Waals surface area contributed by atoms with Crippen molar-refractivity contribution in [2.45, 2.75) is 6.92 Å². The number of nitro groups is 1. The number of nitrogens with zero attached hydrogens (tertiary/aromatic N) is 3. The Hall–Kier alpha value is -4.01. The van der Waals surface area contributed by atoms with E-state index in [-0.39, 0.29) is 40.5 Å². The first-order chi connectivity index (χ1) is 14.0. The minimum Gasteiger partial charge on any atom is -0.479 e. The summed E-state index contributed by atoms with van der Waals surface area (Å²) in [6.07, 6.45) is 0. The van der Waals surface area contributed by atoms with Gasteiger partial charge in [0.2, 0.25) is 11.6 Å². The molecule has 2 aromatic carbocycles. The van der Waals surface area contributed by atoms with Crippen molar-refractivity contribution in [1.29, 1.82) is 0 Å². The summed E-state index contributed by atoms with van der Waals surface area (Å²) in [4.78, 5) is 31.8. The van der Waals surface area contributed by atoms with Crippen molar-refractivity contribution in [2.24, 2.45) is 0 Å². The first-order valence-electron chi connectivity index (χ1n) is 8.72. The van der Waals surface area contributed by atoms with Crippen molar-refractivity contribution in [3.05, 3.63) is 58.3 Å². The molecule has 29 heavy (non-hydrogen) atoms. The van der Waals surface area contributed by atoms with Crippen LogP contribution < -0.4 is 4.74 Å². The van der Waals surface area contributed by atoms with Crippen molar-refractivity contribution >= 4 is 33.7 Å². The van der Waals surface area contributed by atoms with E-state index >= 15 is 0 Å². The first-order valence-corrected chi connectivity index (χ1v) is 8.72. The SMILES string of the molecule is CCOC(=O)c1nc2cc(-c3cc4ccccc4o3)c([N+](=O)[O-])cc2nc1OC. The second kappa shape index (κ2) is 7.19. The third kappa shape index (κ3) is 3.22. The van der Waals surface area contributed by atoms with E-state index < -0.39 is 10.9 Å². The number of hydrogen-bond acceptors (Lipinski definition) is 8. The minimum absolute atomic E-state index is 0.0678. The van der Waals surface area contributed by atoms with Crippen molar-refractivity contribution in [3.63, 3.8) is 0 Å². The fourth-order valence-electron chi connectivity index (χ4n) is 3.01. The molecule has 0 fully saturated rings. The number of aromatic nitrogens is 2. The molecule has 4 rings (SSSR count). The Morgan fingerprint density at radius 2 is 1.93 bits per heavy atom. The lowest BCUT2D eigenvalue weighted by molar-refractivity contribution is -0.384. The van der Waals surface area contributed by atoms with Gasteiger partial charge in [-0.2, -0.15) is 0 Å². The van der Waals surface area contributed by atoms with Gasteiger partial charge in [-0.05, 0) is 25.1 Å². The van der Waals surface area contributed by atoms with E-state index in [4.69, 9.17) is 13.9 Å². The van der Waals surface area contributed by atoms with E-state index in [2.05, 4.69) is 9.97 Å². The Kier molecular flexibility index (Phi) is 4.55. The van der Waals surface area contributed by atoms with Gasteiger partial charge in [-0.3, -0.25) is 10.1 Å². The Morgan fingerprint density at radius 3 is 2.62 bits per heavy atom. The average molecular weight is 393 g/mol. The normalized spacial score (nSPS) is 11.0. The molecule has 2 heterocycles. The molecule has 0 spiro atoms. The van der Waals surface area contributed by atoms with Crippen molar-refractivity contribution < 1.29 is 23.6 Å². The summed E-state index contributed by atoms with van der Waals surface area (Å²) >= 11 is 0. The fraction of sp³-hybridized carbons (Fsp3) is 0.150. The van der Waals surface area contributed by atoms with Crippen LogP contribution in [0.1, 0.15) is 17.4 Å². The largest absolute Gasteiger partial charge is 0.479 e. The number of ether oxygens (including phenoxy) is 2. The van der Waals surface area contributed by atoms with Gasteiger partial charge in [-0.25, -0.2) is 14.8 Å². The van der Waals surface area contributed by atoms with Gasteiger partial charge in [0.05, 0.1) is 35.2 Å².